The third-order valence-electron chi connectivity index (χ3n) is 4.43. The molecule has 3 rings (SSSR count). The number of nitrogens with one attached hydrogen (secondary N) is 2. The van der Waals surface area contributed by atoms with E-state index < -0.39 is 0 Å². The summed E-state index contributed by atoms with van der Waals surface area (Å²) in [6, 6.07) is 7.99. The highest BCUT2D eigenvalue weighted by molar-refractivity contribution is 5.98. The smallest absolute Gasteiger partial charge is 0.267 e. The zero-order valence-electron chi connectivity index (χ0n) is 12.6. The van der Waals surface area contributed by atoms with Gasteiger partial charge in [0.15, 0.2) is 0 Å². The molecule has 1 aliphatic carbocycles. The molecule has 1 aromatic carbocycles. The van der Waals surface area contributed by atoms with Gasteiger partial charge in [-0.05, 0) is 49.8 Å². The summed E-state index contributed by atoms with van der Waals surface area (Å²) in [4.78, 5) is 15.5. The van der Waals surface area contributed by atoms with Crippen LogP contribution in [0.1, 0.15) is 43.1 Å². The first-order valence-corrected chi connectivity index (χ1v) is 7.63. The maximum absolute atomic E-state index is 12.3. The van der Waals surface area contributed by atoms with Crippen LogP contribution in [0.3, 0.4) is 0 Å². The molecule has 1 heterocycles. The van der Waals surface area contributed by atoms with Gasteiger partial charge in [0.25, 0.3) is 5.91 Å². The molecule has 0 radical (unpaired) electrons. The van der Waals surface area contributed by atoms with Crippen LogP contribution in [0.25, 0.3) is 10.9 Å². The topological polar surface area (TPSA) is 54.1 Å². The number of benzene rings is 1. The van der Waals surface area contributed by atoms with Crippen molar-refractivity contribution in [2.75, 3.05) is 7.11 Å². The summed E-state index contributed by atoms with van der Waals surface area (Å²) in [7, 11) is 1.64. The second-order valence-corrected chi connectivity index (χ2v) is 6.07. The van der Waals surface area contributed by atoms with Crippen LogP contribution >= 0.6 is 0 Å². The summed E-state index contributed by atoms with van der Waals surface area (Å²) in [5.41, 5.74) is 1.55. The third kappa shape index (κ3) is 3.04. The van der Waals surface area contributed by atoms with Gasteiger partial charge in [0, 0.05) is 23.0 Å². The fourth-order valence-corrected chi connectivity index (χ4v) is 3.02. The molecule has 0 atom stereocenters. The van der Waals surface area contributed by atoms with E-state index in [0.29, 0.717) is 11.7 Å². The Kier molecular flexibility index (Phi) is 3.86. The zero-order valence-corrected chi connectivity index (χ0v) is 12.6. The second kappa shape index (κ2) is 5.80. The number of aromatic nitrogens is 1. The SMILES string of the molecule is COc1ccc2cc(C(=O)NC3CCC(C)CC3)[nH]c2c1. The van der Waals surface area contributed by atoms with E-state index in [2.05, 4.69) is 17.2 Å². The first kappa shape index (κ1) is 14.0. The number of carbonyl (C=O) groups is 1. The van der Waals surface area contributed by atoms with Gasteiger partial charge < -0.3 is 15.0 Å². The number of hydrogen-bond acceptors (Lipinski definition) is 2. The average Bonchev–Trinajstić information content (AvgIpc) is 2.92. The maximum Gasteiger partial charge on any atom is 0.267 e. The molecule has 0 bridgehead atoms. The molecule has 0 unspecified atom stereocenters. The molecule has 2 aromatic rings. The highest BCUT2D eigenvalue weighted by atomic mass is 16.5. The predicted molar refractivity (Wildman–Crippen MR) is 83.7 cm³/mol. The van der Waals surface area contributed by atoms with E-state index in [1.165, 1.54) is 12.8 Å². The molecule has 1 aromatic heterocycles. The van der Waals surface area contributed by atoms with E-state index in [9.17, 15) is 4.79 Å². The van der Waals surface area contributed by atoms with Crippen LogP contribution in [0.15, 0.2) is 24.3 Å². The lowest BCUT2D eigenvalue weighted by molar-refractivity contribution is 0.0919. The van der Waals surface area contributed by atoms with Crippen molar-refractivity contribution in [2.24, 2.45) is 5.92 Å². The summed E-state index contributed by atoms with van der Waals surface area (Å²) < 4.78 is 5.20. The number of methoxy groups -OCH3 is 1. The largest absolute Gasteiger partial charge is 0.497 e. The van der Waals surface area contributed by atoms with E-state index in [1.54, 1.807) is 7.11 Å². The molecule has 0 saturated heterocycles. The number of H-pyrrole nitrogens is 1. The minimum absolute atomic E-state index is 0.00952. The summed E-state index contributed by atoms with van der Waals surface area (Å²) in [6.45, 7) is 2.28. The Morgan fingerprint density at radius 3 is 2.71 bits per heavy atom. The van der Waals surface area contributed by atoms with Crippen LogP contribution in [-0.2, 0) is 0 Å². The van der Waals surface area contributed by atoms with Crippen LogP contribution in [0, 0.1) is 5.92 Å². The second-order valence-electron chi connectivity index (χ2n) is 6.07. The summed E-state index contributed by atoms with van der Waals surface area (Å²) >= 11 is 0. The van der Waals surface area contributed by atoms with Crippen molar-refractivity contribution in [1.29, 1.82) is 0 Å². The number of rotatable bonds is 3. The quantitative estimate of drug-likeness (QED) is 0.907. The maximum atomic E-state index is 12.3. The standard InChI is InChI=1S/C17H22N2O2/c1-11-3-6-13(7-4-11)18-17(20)16-9-12-5-8-14(21-2)10-15(12)19-16/h5,8-11,13,19H,3-4,6-7H2,1-2H3,(H,18,20). The molecule has 1 amide bonds. The Labute approximate surface area is 124 Å². The number of aromatic amines is 1. The Hall–Kier alpha value is -1.97. The lowest BCUT2D eigenvalue weighted by Gasteiger charge is -2.26. The van der Waals surface area contributed by atoms with Crippen molar-refractivity contribution < 1.29 is 9.53 Å². The van der Waals surface area contributed by atoms with Gasteiger partial charge in [0.2, 0.25) is 0 Å². The van der Waals surface area contributed by atoms with E-state index >= 15 is 0 Å². The van der Waals surface area contributed by atoms with E-state index in [-0.39, 0.29) is 5.91 Å². The minimum Gasteiger partial charge on any atom is -0.497 e. The molecule has 112 valence electrons. The molecule has 4 heteroatoms. The summed E-state index contributed by atoms with van der Waals surface area (Å²) in [6.07, 6.45) is 4.58. The van der Waals surface area contributed by atoms with Gasteiger partial charge in [0.05, 0.1) is 7.11 Å². The molecule has 21 heavy (non-hydrogen) atoms. The molecule has 4 nitrogen and oxygen atoms in total. The zero-order chi connectivity index (χ0) is 14.8. The van der Waals surface area contributed by atoms with Gasteiger partial charge in [-0.1, -0.05) is 6.92 Å². The van der Waals surface area contributed by atoms with Gasteiger partial charge in [-0.25, -0.2) is 0 Å². The van der Waals surface area contributed by atoms with Crippen molar-refractivity contribution in [3.05, 3.63) is 30.0 Å². The third-order valence-corrected chi connectivity index (χ3v) is 4.43. The number of hydrogen-bond donors (Lipinski definition) is 2. The average molecular weight is 286 g/mol. The van der Waals surface area contributed by atoms with Crippen molar-refractivity contribution in [1.82, 2.24) is 10.3 Å². The molecule has 1 saturated carbocycles. The van der Waals surface area contributed by atoms with Crippen LogP contribution in [0.4, 0.5) is 0 Å². The molecular weight excluding hydrogens is 264 g/mol. The van der Waals surface area contributed by atoms with Crippen molar-refractivity contribution in [2.45, 2.75) is 38.6 Å². The number of amides is 1. The van der Waals surface area contributed by atoms with E-state index in [4.69, 9.17) is 4.74 Å². The van der Waals surface area contributed by atoms with E-state index in [0.717, 1.165) is 35.4 Å². The van der Waals surface area contributed by atoms with Gasteiger partial charge in [-0.15, -0.1) is 0 Å². The van der Waals surface area contributed by atoms with Gasteiger partial charge in [-0.2, -0.15) is 0 Å². The molecule has 1 aliphatic rings. The van der Waals surface area contributed by atoms with Crippen LogP contribution in [0.5, 0.6) is 5.75 Å². The Morgan fingerprint density at radius 2 is 2.00 bits per heavy atom. The highest BCUT2D eigenvalue weighted by Crippen LogP contribution is 2.24. The minimum atomic E-state index is -0.00952. The van der Waals surface area contributed by atoms with Crippen molar-refractivity contribution >= 4 is 16.8 Å². The summed E-state index contributed by atoms with van der Waals surface area (Å²) in [5.74, 6) is 1.57. The molecule has 2 N–H and O–H groups in total. The van der Waals surface area contributed by atoms with Crippen LogP contribution < -0.4 is 10.1 Å². The van der Waals surface area contributed by atoms with Crippen molar-refractivity contribution in [3.8, 4) is 5.75 Å². The predicted octanol–water partition coefficient (Wildman–Crippen LogP) is 3.49. The lowest BCUT2D eigenvalue weighted by atomic mass is 9.87. The lowest BCUT2D eigenvalue weighted by Crippen LogP contribution is -2.37. The molecular formula is C17H22N2O2. The van der Waals surface area contributed by atoms with Crippen LogP contribution in [0.2, 0.25) is 0 Å². The number of ether oxygens (including phenoxy) is 1. The highest BCUT2D eigenvalue weighted by Gasteiger charge is 2.21. The Morgan fingerprint density at radius 1 is 1.24 bits per heavy atom. The Balaban J connectivity index is 1.72. The fraction of sp³-hybridized carbons (Fsp3) is 0.471. The fourth-order valence-electron chi connectivity index (χ4n) is 3.02. The Bertz CT molecular complexity index is 639. The molecule has 1 fully saturated rings. The molecule has 0 spiro atoms. The normalized spacial score (nSPS) is 22.2. The first-order valence-electron chi connectivity index (χ1n) is 7.63. The van der Waals surface area contributed by atoms with Gasteiger partial charge in [0.1, 0.15) is 11.4 Å². The van der Waals surface area contributed by atoms with Gasteiger partial charge >= 0.3 is 0 Å². The number of carbonyl (C=O) groups excluding carboxylic acids is 1. The van der Waals surface area contributed by atoms with Gasteiger partial charge in [-0.3, -0.25) is 4.79 Å². The monoisotopic (exact) mass is 286 g/mol. The number of fused-ring (bicyclic) bond motifs is 1. The van der Waals surface area contributed by atoms with Crippen LogP contribution in [-0.4, -0.2) is 24.0 Å². The summed E-state index contributed by atoms with van der Waals surface area (Å²) in [5, 5.41) is 4.17. The molecule has 0 aliphatic heterocycles. The van der Waals surface area contributed by atoms with Crippen molar-refractivity contribution in [3.63, 3.8) is 0 Å². The van der Waals surface area contributed by atoms with E-state index in [1.807, 2.05) is 24.3 Å². The first-order chi connectivity index (χ1) is 10.2.